The second-order valence-electron chi connectivity index (χ2n) is 3.71. The Morgan fingerprint density at radius 3 is 3.11 bits per heavy atom. The molecule has 0 unspecified atom stereocenters. The Kier molecular flexibility index (Phi) is 3.52. The van der Waals surface area contributed by atoms with Crippen molar-refractivity contribution < 1.29 is 9.32 Å². The number of aryl methyl sites for hydroxylation is 1. The van der Waals surface area contributed by atoms with E-state index in [0.717, 1.165) is 0 Å². The average molecular weight is 248 g/mol. The van der Waals surface area contributed by atoms with Crippen LogP contribution in [0.25, 0.3) is 0 Å². The monoisotopic (exact) mass is 248 g/mol. The SMILES string of the molecule is Cc1cncn(CCNC(=O)c2ccno2)c1=O. The fraction of sp³-hybridized carbons (Fsp3) is 0.273. The molecule has 0 aromatic carbocycles. The molecule has 1 amide bonds. The van der Waals surface area contributed by atoms with E-state index in [1.807, 2.05) is 0 Å². The molecule has 2 rings (SSSR count). The molecule has 94 valence electrons. The summed E-state index contributed by atoms with van der Waals surface area (Å²) in [4.78, 5) is 27.1. The number of aromatic nitrogens is 3. The van der Waals surface area contributed by atoms with E-state index in [4.69, 9.17) is 4.52 Å². The summed E-state index contributed by atoms with van der Waals surface area (Å²) >= 11 is 0. The van der Waals surface area contributed by atoms with Crippen LogP contribution in [-0.4, -0.2) is 27.2 Å². The number of carbonyl (C=O) groups excluding carboxylic acids is 1. The van der Waals surface area contributed by atoms with Gasteiger partial charge >= 0.3 is 0 Å². The van der Waals surface area contributed by atoms with Gasteiger partial charge in [0, 0.05) is 30.9 Å². The van der Waals surface area contributed by atoms with Gasteiger partial charge in [-0.15, -0.1) is 0 Å². The highest BCUT2D eigenvalue weighted by molar-refractivity contribution is 5.91. The molecule has 0 saturated heterocycles. The van der Waals surface area contributed by atoms with Crippen LogP contribution in [0.15, 0.2) is 34.1 Å². The number of nitrogens with one attached hydrogen (secondary N) is 1. The van der Waals surface area contributed by atoms with Crippen LogP contribution in [0.5, 0.6) is 0 Å². The van der Waals surface area contributed by atoms with Crippen molar-refractivity contribution in [3.8, 4) is 0 Å². The lowest BCUT2D eigenvalue weighted by molar-refractivity contribution is 0.0915. The third kappa shape index (κ3) is 2.62. The summed E-state index contributed by atoms with van der Waals surface area (Å²) in [6.45, 7) is 2.36. The molecule has 18 heavy (non-hydrogen) atoms. The zero-order valence-corrected chi connectivity index (χ0v) is 9.79. The summed E-state index contributed by atoms with van der Waals surface area (Å²) in [6.07, 6.45) is 4.34. The molecule has 2 heterocycles. The first kappa shape index (κ1) is 12.0. The van der Waals surface area contributed by atoms with E-state index in [1.165, 1.54) is 29.4 Å². The molecule has 0 bridgehead atoms. The van der Waals surface area contributed by atoms with Gasteiger partial charge < -0.3 is 9.84 Å². The Balaban J connectivity index is 1.91. The highest BCUT2D eigenvalue weighted by Crippen LogP contribution is 1.95. The van der Waals surface area contributed by atoms with E-state index in [-0.39, 0.29) is 17.2 Å². The molecular formula is C11H12N4O3. The largest absolute Gasteiger partial charge is 0.351 e. The molecule has 0 aliphatic rings. The molecule has 0 fully saturated rings. The van der Waals surface area contributed by atoms with Crippen molar-refractivity contribution in [3.05, 3.63) is 46.5 Å². The zero-order chi connectivity index (χ0) is 13.0. The molecule has 0 spiro atoms. The first-order valence-electron chi connectivity index (χ1n) is 5.38. The predicted octanol–water partition coefficient (Wildman–Crippen LogP) is -0.0303. The number of hydrogen-bond acceptors (Lipinski definition) is 5. The van der Waals surface area contributed by atoms with Gasteiger partial charge in [0.25, 0.3) is 11.5 Å². The van der Waals surface area contributed by atoms with Crippen molar-refractivity contribution in [1.29, 1.82) is 0 Å². The number of nitrogens with zero attached hydrogens (tertiary/aromatic N) is 3. The normalized spacial score (nSPS) is 10.3. The molecule has 7 nitrogen and oxygen atoms in total. The number of amides is 1. The molecule has 0 radical (unpaired) electrons. The van der Waals surface area contributed by atoms with Crippen LogP contribution >= 0.6 is 0 Å². The summed E-state index contributed by atoms with van der Waals surface area (Å²) in [5.74, 6) is -0.217. The van der Waals surface area contributed by atoms with Crippen molar-refractivity contribution in [2.75, 3.05) is 6.54 Å². The Bertz CT molecular complexity index is 589. The van der Waals surface area contributed by atoms with Gasteiger partial charge in [0.15, 0.2) is 0 Å². The van der Waals surface area contributed by atoms with Gasteiger partial charge in [-0.05, 0) is 6.92 Å². The summed E-state index contributed by atoms with van der Waals surface area (Å²) in [5.41, 5.74) is 0.456. The topological polar surface area (TPSA) is 90.0 Å². The Morgan fingerprint density at radius 2 is 2.39 bits per heavy atom. The molecule has 7 heteroatoms. The van der Waals surface area contributed by atoms with E-state index in [1.54, 1.807) is 6.92 Å². The average Bonchev–Trinajstić information content (AvgIpc) is 2.88. The quantitative estimate of drug-likeness (QED) is 0.820. The van der Waals surface area contributed by atoms with Gasteiger partial charge in [0.2, 0.25) is 5.76 Å². The minimum atomic E-state index is -0.360. The van der Waals surface area contributed by atoms with Crippen molar-refractivity contribution in [2.24, 2.45) is 0 Å². The van der Waals surface area contributed by atoms with E-state index in [0.29, 0.717) is 18.7 Å². The lowest BCUT2D eigenvalue weighted by Gasteiger charge is -2.06. The van der Waals surface area contributed by atoms with Gasteiger partial charge in [-0.3, -0.25) is 14.2 Å². The van der Waals surface area contributed by atoms with Crippen LogP contribution in [0.4, 0.5) is 0 Å². The Labute approximate surface area is 102 Å². The van der Waals surface area contributed by atoms with Gasteiger partial charge in [0.1, 0.15) is 0 Å². The minimum Gasteiger partial charge on any atom is -0.351 e. The maximum absolute atomic E-state index is 11.7. The second-order valence-corrected chi connectivity index (χ2v) is 3.71. The lowest BCUT2D eigenvalue weighted by Crippen LogP contribution is -2.31. The van der Waals surface area contributed by atoms with Crippen LogP contribution in [0.1, 0.15) is 16.1 Å². The van der Waals surface area contributed by atoms with Gasteiger partial charge in [-0.1, -0.05) is 5.16 Å². The molecule has 0 saturated carbocycles. The van der Waals surface area contributed by atoms with Crippen molar-refractivity contribution in [1.82, 2.24) is 20.0 Å². The first-order valence-corrected chi connectivity index (χ1v) is 5.38. The van der Waals surface area contributed by atoms with Gasteiger partial charge in [-0.25, -0.2) is 4.98 Å². The third-order valence-corrected chi connectivity index (χ3v) is 2.37. The highest BCUT2D eigenvalue weighted by atomic mass is 16.5. The summed E-state index contributed by atoms with van der Waals surface area (Å²) in [6, 6.07) is 1.47. The zero-order valence-electron chi connectivity index (χ0n) is 9.79. The predicted molar refractivity (Wildman–Crippen MR) is 62.1 cm³/mol. The summed E-state index contributed by atoms with van der Waals surface area (Å²) in [7, 11) is 0. The van der Waals surface area contributed by atoms with E-state index < -0.39 is 0 Å². The van der Waals surface area contributed by atoms with Crippen molar-refractivity contribution in [2.45, 2.75) is 13.5 Å². The lowest BCUT2D eigenvalue weighted by atomic mass is 10.4. The molecule has 2 aromatic heterocycles. The van der Waals surface area contributed by atoms with Crippen LogP contribution in [0, 0.1) is 6.92 Å². The third-order valence-electron chi connectivity index (χ3n) is 2.37. The summed E-state index contributed by atoms with van der Waals surface area (Å²) < 4.78 is 6.14. The summed E-state index contributed by atoms with van der Waals surface area (Å²) in [5, 5.41) is 6.05. The maximum Gasteiger partial charge on any atom is 0.289 e. The van der Waals surface area contributed by atoms with Crippen LogP contribution < -0.4 is 10.9 Å². The fourth-order valence-corrected chi connectivity index (χ4v) is 1.43. The molecule has 0 aliphatic carbocycles. The van der Waals surface area contributed by atoms with Crippen LogP contribution in [0.3, 0.4) is 0 Å². The number of rotatable bonds is 4. The fourth-order valence-electron chi connectivity index (χ4n) is 1.43. The molecule has 2 aromatic rings. The maximum atomic E-state index is 11.7. The minimum absolute atomic E-state index is 0.112. The van der Waals surface area contributed by atoms with Gasteiger partial charge in [0.05, 0.1) is 12.5 Å². The number of hydrogen-bond donors (Lipinski definition) is 1. The highest BCUT2D eigenvalue weighted by Gasteiger charge is 2.08. The Hall–Kier alpha value is -2.44. The van der Waals surface area contributed by atoms with E-state index in [9.17, 15) is 9.59 Å². The second kappa shape index (κ2) is 5.26. The molecule has 0 atom stereocenters. The van der Waals surface area contributed by atoms with Crippen LogP contribution in [0.2, 0.25) is 0 Å². The molecule has 1 N–H and O–H groups in total. The molecular weight excluding hydrogens is 236 g/mol. The van der Waals surface area contributed by atoms with E-state index in [2.05, 4.69) is 15.5 Å². The van der Waals surface area contributed by atoms with Gasteiger partial charge in [-0.2, -0.15) is 0 Å². The first-order chi connectivity index (χ1) is 8.68. The van der Waals surface area contributed by atoms with Crippen LogP contribution in [-0.2, 0) is 6.54 Å². The Morgan fingerprint density at radius 1 is 1.56 bits per heavy atom. The van der Waals surface area contributed by atoms with Crippen molar-refractivity contribution >= 4 is 5.91 Å². The molecule has 0 aliphatic heterocycles. The smallest absolute Gasteiger partial charge is 0.289 e. The van der Waals surface area contributed by atoms with Crippen molar-refractivity contribution in [3.63, 3.8) is 0 Å². The number of carbonyl (C=O) groups is 1. The van der Waals surface area contributed by atoms with E-state index >= 15 is 0 Å². The standard InChI is InChI=1S/C11H12N4O3/c1-8-6-12-7-15(11(8)17)5-4-13-10(16)9-2-3-14-18-9/h2-3,6-7H,4-5H2,1H3,(H,13,16).